The fourth-order valence-corrected chi connectivity index (χ4v) is 3.81. The van der Waals surface area contributed by atoms with Gasteiger partial charge in [0.2, 0.25) is 5.91 Å². The van der Waals surface area contributed by atoms with E-state index in [1.165, 1.54) is 28.7 Å². The molecule has 0 radical (unpaired) electrons. The molecule has 0 spiro atoms. The minimum Gasteiger partial charge on any atom is -0.465 e. The van der Waals surface area contributed by atoms with Gasteiger partial charge in [-0.15, -0.1) is 5.10 Å². The molecule has 0 unspecified atom stereocenters. The lowest BCUT2D eigenvalue weighted by atomic mass is 9.96. The van der Waals surface area contributed by atoms with Crippen LogP contribution < -0.4 is 5.32 Å². The van der Waals surface area contributed by atoms with Crippen molar-refractivity contribution < 1.29 is 27.9 Å². The number of hydrogen-bond donors (Lipinski definition) is 2. The summed E-state index contributed by atoms with van der Waals surface area (Å²) in [5.74, 6) is -1.57. The molecule has 35 heavy (non-hydrogen) atoms. The number of carbonyl (C=O) groups excluding carboxylic acids is 1. The second kappa shape index (κ2) is 10.3. The first-order valence-electron chi connectivity index (χ1n) is 11.5. The van der Waals surface area contributed by atoms with Crippen LogP contribution in [0.15, 0.2) is 42.5 Å². The molecule has 1 saturated heterocycles. The quantitative estimate of drug-likeness (QED) is 0.537. The molecule has 2 aromatic heterocycles. The summed E-state index contributed by atoms with van der Waals surface area (Å²) < 4.78 is 39.9. The number of fused-ring (bicyclic) bond motifs is 1. The van der Waals surface area contributed by atoms with Crippen molar-refractivity contribution >= 4 is 23.6 Å². The Hall–Kier alpha value is -3.63. The summed E-state index contributed by atoms with van der Waals surface area (Å²) in [5.41, 5.74) is 2.67. The molecular weight excluding hydrogens is 463 g/mol. The molecule has 3 heterocycles. The van der Waals surface area contributed by atoms with Crippen molar-refractivity contribution in [3.05, 3.63) is 48.0 Å². The van der Waals surface area contributed by atoms with E-state index >= 15 is 0 Å². The van der Waals surface area contributed by atoms with Crippen molar-refractivity contribution in [2.24, 2.45) is 5.92 Å². The minimum atomic E-state index is -4.21. The third kappa shape index (κ3) is 6.49. The van der Waals surface area contributed by atoms with E-state index in [0.717, 1.165) is 11.1 Å². The van der Waals surface area contributed by atoms with Gasteiger partial charge in [-0.05, 0) is 30.5 Å². The van der Waals surface area contributed by atoms with Gasteiger partial charge in [0.1, 0.15) is 0 Å². The topological polar surface area (TPSA) is 99.8 Å². The van der Waals surface area contributed by atoms with Crippen LogP contribution in [0, 0.1) is 5.92 Å². The summed E-state index contributed by atoms with van der Waals surface area (Å²) >= 11 is 0. The number of aromatic nitrogens is 3. The lowest BCUT2D eigenvalue weighted by Crippen LogP contribution is -2.42. The van der Waals surface area contributed by atoms with Crippen LogP contribution in [0.25, 0.3) is 16.9 Å². The zero-order valence-electron chi connectivity index (χ0n) is 19.0. The van der Waals surface area contributed by atoms with Gasteiger partial charge in [-0.2, -0.15) is 18.2 Å². The van der Waals surface area contributed by atoms with Crippen molar-refractivity contribution in [2.75, 3.05) is 18.4 Å². The number of hydrogen-bond acceptors (Lipinski definition) is 4. The van der Waals surface area contributed by atoms with Gasteiger partial charge < -0.3 is 10.0 Å². The highest BCUT2D eigenvalue weighted by Gasteiger charge is 2.41. The Morgan fingerprint density at radius 1 is 1.03 bits per heavy atom. The van der Waals surface area contributed by atoms with Crippen molar-refractivity contribution in [2.45, 2.75) is 44.7 Å². The average molecular weight is 489 g/mol. The number of alkyl halides is 3. The van der Waals surface area contributed by atoms with Gasteiger partial charge in [-0.25, -0.2) is 9.31 Å². The third-order valence-corrected chi connectivity index (χ3v) is 5.85. The maximum Gasteiger partial charge on any atom is 0.411 e. The number of carbonyl (C=O) groups is 2. The Morgan fingerprint density at radius 3 is 2.26 bits per heavy atom. The molecule has 1 aliphatic heterocycles. The molecule has 186 valence electrons. The summed E-state index contributed by atoms with van der Waals surface area (Å²) in [5, 5.41) is 15.1. The van der Waals surface area contributed by atoms with Crippen LogP contribution in [0.5, 0.6) is 0 Å². The van der Waals surface area contributed by atoms with Crippen LogP contribution in [0.3, 0.4) is 0 Å². The van der Waals surface area contributed by atoms with E-state index in [9.17, 15) is 22.8 Å². The molecule has 2 amide bonds. The molecule has 3 aromatic rings. The molecule has 0 bridgehead atoms. The number of piperidine rings is 1. The van der Waals surface area contributed by atoms with Crippen LogP contribution in [0.4, 0.5) is 23.9 Å². The molecular formula is C24H26F3N5O3. The molecule has 11 heteroatoms. The van der Waals surface area contributed by atoms with E-state index in [1.54, 1.807) is 42.5 Å². The summed E-state index contributed by atoms with van der Waals surface area (Å²) in [6.45, 7) is 0.226. The smallest absolute Gasteiger partial charge is 0.411 e. The van der Waals surface area contributed by atoms with Gasteiger partial charge in [0.25, 0.3) is 5.95 Å². The number of rotatable bonds is 4. The van der Waals surface area contributed by atoms with Crippen molar-refractivity contribution in [1.29, 1.82) is 0 Å². The maximum atomic E-state index is 12.8. The SMILES string of the molecule is C1CC1.O=C(O)Nc1nc2cccc(-c3ccc(CC(=O)N4CCC(C(F)(F)F)CC4)cc3)n2n1. The minimum absolute atomic E-state index is 0.0403. The molecule has 2 aliphatic rings. The van der Waals surface area contributed by atoms with Gasteiger partial charge in [-0.1, -0.05) is 49.6 Å². The Kier molecular flexibility index (Phi) is 7.23. The Morgan fingerprint density at radius 2 is 1.69 bits per heavy atom. The van der Waals surface area contributed by atoms with Crippen LogP contribution in [-0.4, -0.2) is 55.9 Å². The fraction of sp³-hybridized carbons (Fsp3) is 0.417. The predicted molar refractivity (Wildman–Crippen MR) is 123 cm³/mol. The Labute approximate surface area is 199 Å². The standard InChI is InChI=1S/C21H20F3N5O3.C3H6/c22-21(23,24)15-8-10-28(11-9-15)18(30)12-13-4-6-14(7-5-13)16-2-1-3-17-25-19(26-20(31)32)27-29(16)17;1-2-3-1/h1-7,15H,8-12H2,(H,26,27)(H,31,32);1-3H2. The predicted octanol–water partition coefficient (Wildman–Crippen LogP) is 5.00. The summed E-state index contributed by atoms with van der Waals surface area (Å²) in [6.07, 6.45) is -0.984. The number of benzene rings is 1. The number of nitrogens with zero attached hydrogens (tertiary/aromatic N) is 4. The van der Waals surface area contributed by atoms with E-state index in [1.807, 2.05) is 0 Å². The van der Waals surface area contributed by atoms with E-state index in [-0.39, 0.29) is 44.2 Å². The monoisotopic (exact) mass is 489 g/mol. The highest BCUT2D eigenvalue weighted by Crippen LogP contribution is 2.34. The zero-order chi connectivity index (χ0) is 25.0. The largest absolute Gasteiger partial charge is 0.465 e. The number of carboxylic acid groups (broad SMARTS) is 1. The van der Waals surface area contributed by atoms with E-state index < -0.39 is 18.2 Å². The highest BCUT2D eigenvalue weighted by atomic mass is 19.4. The Balaban J connectivity index is 0.000000894. The van der Waals surface area contributed by atoms with Crippen LogP contribution in [-0.2, 0) is 11.2 Å². The van der Waals surface area contributed by atoms with Crippen LogP contribution >= 0.6 is 0 Å². The van der Waals surface area contributed by atoms with Gasteiger partial charge in [0.15, 0.2) is 5.65 Å². The van der Waals surface area contributed by atoms with Crippen molar-refractivity contribution in [3.8, 4) is 11.3 Å². The van der Waals surface area contributed by atoms with Gasteiger partial charge in [0.05, 0.1) is 18.0 Å². The van der Waals surface area contributed by atoms with Gasteiger partial charge in [-0.3, -0.25) is 10.1 Å². The molecule has 2 N–H and O–H groups in total. The molecule has 2 fully saturated rings. The number of nitrogens with one attached hydrogen (secondary N) is 1. The fourth-order valence-electron chi connectivity index (χ4n) is 3.81. The molecule has 1 aromatic carbocycles. The molecule has 8 nitrogen and oxygen atoms in total. The van der Waals surface area contributed by atoms with E-state index in [2.05, 4.69) is 15.4 Å². The number of anilines is 1. The number of pyridine rings is 1. The Bertz CT molecular complexity index is 1180. The first-order valence-corrected chi connectivity index (χ1v) is 11.5. The first kappa shape index (κ1) is 24.5. The summed E-state index contributed by atoms with van der Waals surface area (Å²) in [6, 6.07) is 12.4. The number of likely N-dealkylation sites (tertiary alicyclic amines) is 1. The normalized spacial score (nSPS) is 15.9. The molecule has 5 rings (SSSR count). The van der Waals surface area contributed by atoms with E-state index in [0.29, 0.717) is 11.3 Å². The molecule has 0 atom stereocenters. The lowest BCUT2D eigenvalue weighted by Gasteiger charge is -2.33. The number of halogens is 3. The van der Waals surface area contributed by atoms with Crippen molar-refractivity contribution in [3.63, 3.8) is 0 Å². The second-order valence-corrected chi connectivity index (χ2v) is 8.68. The lowest BCUT2D eigenvalue weighted by molar-refractivity contribution is -0.186. The van der Waals surface area contributed by atoms with Gasteiger partial charge >= 0.3 is 12.3 Å². The van der Waals surface area contributed by atoms with Crippen LogP contribution in [0.1, 0.15) is 37.7 Å². The summed E-state index contributed by atoms with van der Waals surface area (Å²) in [4.78, 5) is 28.9. The summed E-state index contributed by atoms with van der Waals surface area (Å²) in [7, 11) is 0. The number of amides is 2. The second-order valence-electron chi connectivity index (χ2n) is 8.68. The van der Waals surface area contributed by atoms with Crippen molar-refractivity contribution in [1.82, 2.24) is 19.5 Å². The average Bonchev–Trinajstić information content (AvgIpc) is 3.65. The molecule has 1 aliphatic carbocycles. The zero-order valence-corrected chi connectivity index (χ0v) is 19.0. The van der Waals surface area contributed by atoms with E-state index in [4.69, 9.17) is 5.11 Å². The maximum absolute atomic E-state index is 12.8. The molecule has 1 saturated carbocycles. The third-order valence-electron chi connectivity index (χ3n) is 5.85. The first-order chi connectivity index (χ1) is 16.7. The van der Waals surface area contributed by atoms with Crippen LogP contribution in [0.2, 0.25) is 0 Å². The highest BCUT2D eigenvalue weighted by molar-refractivity contribution is 5.81. The van der Waals surface area contributed by atoms with Gasteiger partial charge in [0, 0.05) is 18.7 Å².